The highest BCUT2D eigenvalue weighted by Crippen LogP contribution is 2.17. The third-order valence-electron chi connectivity index (χ3n) is 3.71. The number of benzene rings is 1. The molecule has 3 rings (SSSR count). The maximum atomic E-state index is 12.1. The Labute approximate surface area is 140 Å². The number of aromatic nitrogens is 1. The molecule has 0 atom stereocenters. The van der Waals surface area contributed by atoms with Crippen LogP contribution in [0.3, 0.4) is 0 Å². The van der Waals surface area contributed by atoms with E-state index in [1.54, 1.807) is 6.07 Å². The molecule has 1 aromatic heterocycles. The van der Waals surface area contributed by atoms with Crippen molar-refractivity contribution in [2.75, 3.05) is 31.2 Å². The number of nitrogens with one attached hydrogen (secondary N) is 1. The van der Waals surface area contributed by atoms with E-state index < -0.39 is 0 Å². The van der Waals surface area contributed by atoms with E-state index >= 15 is 0 Å². The molecule has 1 fully saturated rings. The summed E-state index contributed by atoms with van der Waals surface area (Å²) in [6, 6.07) is 9.79. The molecule has 0 saturated carbocycles. The molecule has 1 aliphatic rings. The molecule has 5 nitrogen and oxygen atoms in total. The predicted molar refractivity (Wildman–Crippen MR) is 89.9 cm³/mol. The fourth-order valence-electron chi connectivity index (χ4n) is 2.51. The molecule has 1 N–H and O–H groups in total. The fourth-order valence-corrected chi connectivity index (χ4v) is 2.68. The maximum absolute atomic E-state index is 12.1. The van der Waals surface area contributed by atoms with Gasteiger partial charge >= 0.3 is 0 Å². The Morgan fingerprint density at radius 2 is 2.09 bits per heavy atom. The van der Waals surface area contributed by atoms with Crippen molar-refractivity contribution in [2.45, 2.75) is 6.54 Å². The lowest BCUT2D eigenvalue weighted by atomic mass is 10.1. The summed E-state index contributed by atoms with van der Waals surface area (Å²) in [5.41, 5.74) is 2.67. The minimum absolute atomic E-state index is 0.184. The van der Waals surface area contributed by atoms with Crippen LogP contribution >= 0.6 is 11.6 Å². The van der Waals surface area contributed by atoms with E-state index in [1.807, 2.05) is 12.1 Å². The van der Waals surface area contributed by atoms with E-state index in [0.29, 0.717) is 17.1 Å². The average Bonchev–Trinajstić information content (AvgIpc) is 2.61. The number of rotatable bonds is 4. The Kier molecular flexibility index (Phi) is 5.10. The Balaban J connectivity index is 1.63. The van der Waals surface area contributed by atoms with Crippen LogP contribution < -0.4 is 10.2 Å². The van der Waals surface area contributed by atoms with E-state index in [1.165, 1.54) is 12.4 Å². The zero-order valence-corrected chi connectivity index (χ0v) is 13.4. The second-order valence-corrected chi connectivity index (χ2v) is 5.78. The van der Waals surface area contributed by atoms with Crippen LogP contribution in [0.1, 0.15) is 15.9 Å². The fraction of sp³-hybridized carbons (Fsp3) is 0.294. The summed E-state index contributed by atoms with van der Waals surface area (Å²) in [7, 11) is 0. The lowest BCUT2D eigenvalue weighted by Crippen LogP contribution is -2.36. The smallest absolute Gasteiger partial charge is 0.253 e. The molecule has 0 unspecified atom stereocenters. The van der Waals surface area contributed by atoms with Crippen molar-refractivity contribution < 1.29 is 9.53 Å². The van der Waals surface area contributed by atoms with Crippen molar-refractivity contribution in [3.8, 4) is 0 Å². The standard InChI is InChI=1S/C17H18ClN3O2/c18-15-9-14(11-19-12-15)17(22)20-10-13-2-1-3-16(8-13)21-4-6-23-7-5-21/h1-3,8-9,11-12H,4-7,10H2,(H,20,22). The molecule has 120 valence electrons. The summed E-state index contributed by atoms with van der Waals surface area (Å²) < 4.78 is 5.37. The Bertz CT molecular complexity index is 687. The monoisotopic (exact) mass is 331 g/mol. The molecule has 1 amide bonds. The lowest BCUT2D eigenvalue weighted by molar-refractivity contribution is 0.0950. The zero-order chi connectivity index (χ0) is 16.1. The van der Waals surface area contributed by atoms with Gasteiger partial charge in [-0.2, -0.15) is 0 Å². The number of halogens is 1. The summed E-state index contributed by atoms with van der Waals surface area (Å²) >= 11 is 5.85. The van der Waals surface area contributed by atoms with Crippen LogP contribution in [0.2, 0.25) is 5.02 Å². The number of pyridine rings is 1. The van der Waals surface area contributed by atoms with Gasteiger partial charge in [0.1, 0.15) is 0 Å². The predicted octanol–water partition coefficient (Wildman–Crippen LogP) is 2.50. The van der Waals surface area contributed by atoms with Gasteiger partial charge in [0.05, 0.1) is 23.8 Å². The third kappa shape index (κ3) is 4.21. The zero-order valence-electron chi connectivity index (χ0n) is 12.7. The second kappa shape index (κ2) is 7.44. The minimum Gasteiger partial charge on any atom is -0.378 e. The first kappa shape index (κ1) is 15.8. The van der Waals surface area contributed by atoms with Crippen LogP contribution in [0.25, 0.3) is 0 Å². The molecular weight excluding hydrogens is 314 g/mol. The average molecular weight is 332 g/mol. The quantitative estimate of drug-likeness (QED) is 0.935. The summed E-state index contributed by atoms with van der Waals surface area (Å²) in [5, 5.41) is 3.34. The molecule has 6 heteroatoms. The van der Waals surface area contributed by atoms with E-state index in [4.69, 9.17) is 16.3 Å². The molecule has 0 bridgehead atoms. The molecule has 0 spiro atoms. The number of anilines is 1. The van der Waals surface area contributed by atoms with Gasteiger partial charge in [0.15, 0.2) is 0 Å². The van der Waals surface area contributed by atoms with Gasteiger partial charge in [-0.15, -0.1) is 0 Å². The molecule has 2 aromatic rings. The van der Waals surface area contributed by atoms with Crippen molar-refractivity contribution in [3.05, 3.63) is 58.9 Å². The highest BCUT2D eigenvalue weighted by Gasteiger charge is 2.12. The van der Waals surface area contributed by atoms with Gasteiger partial charge in [0.25, 0.3) is 5.91 Å². The van der Waals surface area contributed by atoms with Gasteiger partial charge in [-0.25, -0.2) is 0 Å². The summed E-state index contributed by atoms with van der Waals surface area (Å²) in [4.78, 5) is 18.3. The highest BCUT2D eigenvalue weighted by molar-refractivity contribution is 6.30. The van der Waals surface area contributed by atoms with Gasteiger partial charge in [0.2, 0.25) is 0 Å². The maximum Gasteiger partial charge on any atom is 0.253 e. The van der Waals surface area contributed by atoms with E-state index in [2.05, 4.69) is 27.3 Å². The molecule has 23 heavy (non-hydrogen) atoms. The Hall–Kier alpha value is -2.11. The van der Waals surface area contributed by atoms with Crippen molar-refractivity contribution in [2.24, 2.45) is 0 Å². The van der Waals surface area contributed by atoms with Crippen molar-refractivity contribution >= 4 is 23.2 Å². The van der Waals surface area contributed by atoms with Crippen LogP contribution in [0.4, 0.5) is 5.69 Å². The number of carbonyl (C=O) groups excluding carboxylic acids is 1. The molecule has 1 aromatic carbocycles. The lowest BCUT2D eigenvalue weighted by Gasteiger charge is -2.29. The topological polar surface area (TPSA) is 54.5 Å². The molecule has 2 heterocycles. The van der Waals surface area contributed by atoms with Gasteiger partial charge in [-0.1, -0.05) is 23.7 Å². The van der Waals surface area contributed by atoms with Crippen LogP contribution in [0.5, 0.6) is 0 Å². The first-order valence-corrected chi connectivity index (χ1v) is 7.90. The molecule has 0 radical (unpaired) electrons. The van der Waals surface area contributed by atoms with E-state index in [0.717, 1.165) is 37.6 Å². The number of carbonyl (C=O) groups is 1. The summed E-state index contributed by atoms with van der Waals surface area (Å²) in [6.07, 6.45) is 3.01. The van der Waals surface area contributed by atoms with Gasteiger partial charge in [0, 0.05) is 37.7 Å². The van der Waals surface area contributed by atoms with Gasteiger partial charge in [-0.05, 0) is 23.8 Å². The SMILES string of the molecule is O=C(NCc1cccc(N2CCOCC2)c1)c1cncc(Cl)c1. The molecule has 1 aliphatic heterocycles. The number of amides is 1. The Morgan fingerprint density at radius 1 is 1.26 bits per heavy atom. The largest absolute Gasteiger partial charge is 0.378 e. The minimum atomic E-state index is -0.184. The molecule has 1 saturated heterocycles. The third-order valence-corrected chi connectivity index (χ3v) is 3.91. The summed E-state index contributed by atoms with van der Waals surface area (Å²) in [6.45, 7) is 3.75. The van der Waals surface area contributed by atoms with Gasteiger partial charge < -0.3 is 15.0 Å². The number of hydrogen-bond donors (Lipinski definition) is 1. The van der Waals surface area contributed by atoms with E-state index in [9.17, 15) is 4.79 Å². The van der Waals surface area contributed by atoms with E-state index in [-0.39, 0.29) is 5.91 Å². The highest BCUT2D eigenvalue weighted by atomic mass is 35.5. The number of nitrogens with zero attached hydrogens (tertiary/aromatic N) is 2. The number of morpholine rings is 1. The number of ether oxygens (including phenoxy) is 1. The normalized spacial score (nSPS) is 14.6. The molecular formula is C17H18ClN3O2. The van der Waals surface area contributed by atoms with Crippen LogP contribution in [-0.2, 0) is 11.3 Å². The van der Waals surface area contributed by atoms with Crippen LogP contribution in [-0.4, -0.2) is 37.2 Å². The number of hydrogen-bond acceptors (Lipinski definition) is 4. The van der Waals surface area contributed by atoms with Crippen molar-refractivity contribution in [1.82, 2.24) is 10.3 Å². The second-order valence-electron chi connectivity index (χ2n) is 5.34. The van der Waals surface area contributed by atoms with Gasteiger partial charge in [-0.3, -0.25) is 9.78 Å². The first-order valence-electron chi connectivity index (χ1n) is 7.53. The van der Waals surface area contributed by atoms with Crippen LogP contribution in [0, 0.1) is 0 Å². The summed E-state index contributed by atoms with van der Waals surface area (Å²) in [5.74, 6) is -0.184. The van der Waals surface area contributed by atoms with Crippen LogP contribution in [0.15, 0.2) is 42.7 Å². The molecule has 0 aliphatic carbocycles. The van der Waals surface area contributed by atoms with Crippen molar-refractivity contribution in [1.29, 1.82) is 0 Å². The van der Waals surface area contributed by atoms with Crippen molar-refractivity contribution in [3.63, 3.8) is 0 Å². The first-order chi connectivity index (χ1) is 11.2. The Morgan fingerprint density at radius 3 is 2.87 bits per heavy atom.